The maximum absolute atomic E-state index is 15.2. The van der Waals surface area contributed by atoms with Gasteiger partial charge in [0, 0.05) is 29.7 Å². The average Bonchev–Trinajstić information content (AvgIpc) is 3.79. The van der Waals surface area contributed by atoms with Gasteiger partial charge in [-0.05, 0) is 59.9 Å². The highest BCUT2D eigenvalue weighted by molar-refractivity contribution is 8.02. The summed E-state index contributed by atoms with van der Waals surface area (Å²) in [5.74, 6) is -1.90. The molecule has 7 nitrogen and oxygen atoms in total. The molecule has 1 N–H and O–H groups in total. The van der Waals surface area contributed by atoms with Gasteiger partial charge >= 0.3 is 0 Å². The summed E-state index contributed by atoms with van der Waals surface area (Å²) in [5, 5.41) is 12.9. The normalized spacial score (nSPS) is 24.4. The van der Waals surface area contributed by atoms with Gasteiger partial charge < -0.3 is 19.8 Å². The highest BCUT2D eigenvalue weighted by atomic mass is 32.2. The van der Waals surface area contributed by atoms with Gasteiger partial charge in [0.1, 0.15) is 6.04 Å². The van der Waals surface area contributed by atoms with Crippen LogP contribution in [0.5, 0.6) is 0 Å². The largest absolute Gasteiger partial charge is 0.394 e. The maximum atomic E-state index is 15.2. The van der Waals surface area contributed by atoms with Gasteiger partial charge in [-0.15, -0.1) is 24.9 Å². The molecule has 2 bridgehead atoms. The monoisotopic (exact) mass is 671 g/mol. The fourth-order valence-electron chi connectivity index (χ4n) is 8.37. The van der Waals surface area contributed by atoms with E-state index in [0.29, 0.717) is 25.1 Å². The summed E-state index contributed by atoms with van der Waals surface area (Å²) >= 11 is 1.64. The number of nitrogens with zero attached hydrogens (tertiary/aromatic N) is 3. The molecule has 4 aromatic carbocycles. The topological polar surface area (TPSA) is 81.2 Å². The fraction of sp³-hybridized carbons (Fsp3) is 0.293. The number of anilines is 2. The molecule has 7 rings (SSSR count). The Morgan fingerprint density at radius 2 is 1.49 bits per heavy atom. The lowest BCUT2D eigenvalue weighted by Crippen LogP contribution is -2.58. The number of para-hydroxylation sites is 1. The first kappa shape index (κ1) is 32.9. The Balaban J connectivity index is 1.33. The van der Waals surface area contributed by atoms with E-state index in [0.717, 1.165) is 28.4 Å². The fourth-order valence-corrected chi connectivity index (χ4v) is 10.6. The summed E-state index contributed by atoms with van der Waals surface area (Å²) in [4.78, 5) is 50.0. The number of carbonyl (C=O) groups is 3. The molecule has 3 fully saturated rings. The van der Waals surface area contributed by atoms with E-state index in [1.54, 1.807) is 38.6 Å². The van der Waals surface area contributed by atoms with Crippen LogP contribution in [0.1, 0.15) is 18.4 Å². The number of hydrogen-bond donors (Lipinski definition) is 1. The SMILES string of the molecule is C=CCN(C(=O)C1N([C@@H](CO)Cc2ccccc2)C(=O)[C@@H]2[C@@H](C(=O)N(CC=C)c3ccccc3)[C@H]3CCC12S3)c1ccc2ccccc2c1. The lowest BCUT2D eigenvalue weighted by Gasteiger charge is -2.39. The van der Waals surface area contributed by atoms with E-state index in [1.165, 1.54) is 0 Å². The molecule has 2 unspecified atom stereocenters. The maximum Gasteiger partial charge on any atom is 0.251 e. The number of rotatable bonds is 12. The van der Waals surface area contributed by atoms with Gasteiger partial charge in [0.15, 0.2) is 0 Å². The third kappa shape index (κ3) is 5.67. The minimum absolute atomic E-state index is 0.106. The average molecular weight is 672 g/mol. The van der Waals surface area contributed by atoms with E-state index in [1.807, 2.05) is 103 Å². The van der Waals surface area contributed by atoms with Crippen LogP contribution in [0.3, 0.4) is 0 Å². The van der Waals surface area contributed by atoms with Gasteiger partial charge in [-0.25, -0.2) is 0 Å². The molecule has 3 heterocycles. The van der Waals surface area contributed by atoms with Crippen LogP contribution in [-0.4, -0.2) is 69.5 Å². The second kappa shape index (κ2) is 13.7. The van der Waals surface area contributed by atoms with E-state index in [4.69, 9.17) is 0 Å². The first-order valence-corrected chi connectivity index (χ1v) is 17.8. The third-order valence-corrected chi connectivity index (χ3v) is 12.4. The number of benzene rings is 4. The van der Waals surface area contributed by atoms with E-state index in [9.17, 15) is 9.90 Å². The quantitative estimate of drug-likeness (QED) is 0.180. The van der Waals surface area contributed by atoms with Crippen LogP contribution < -0.4 is 9.80 Å². The lowest BCUT2D eigenvalue weighted by molar-refractivity contribution is -0.141. The van der Waals surface area contributed by atoms with Gasteiger partial charge in [-0.3, -0.25) is 14.4 Å². The van der Waals surface area contributed by atoms with Gasteiger partial charge in [-0.2, -0.15) is 0 Å². The number of fused-ring (bicyclic) bond motifs is 2. The van der Waals surface area contributed by atoms with Crippen molar-refractivity contribution in [1.29, 1.82) is 0 Å². The first-order valence-electron chi connectivity index (χ1n) is 16.9. The molecule has 0 saturated carbocycles. The van der Waals surface area contributed by atoms with Crippen molar-refractivity contribution in [2.24, 2.45) is 11.8 Å². The number of hydrogen-bond acceptors (Lipinski definition) is 5. The molecule has 8 heteroatoms. The summed E-state index contributed by atoms with van der Waals surface area (Å²) < 4.78 is -0.823. The number of amides is 3. The second-order valence-corrected chi connectivity index (χ2v) is 14.8. The van der Waals surface area contributed by atoms with Crippen LogP contribution in [0.4, 0.5) is 11.4 Å². The molecule has 3 saturated heterocycles. The summed E-state index contributed by atoms with van der Waals surface area (Å²) in [5.41, 5.74) is 2.42. The van der Waals surface area contributed by atoms with Crippen molar-refractivity contribution in [3.8, 4) is 0 Å². The molecule has 49 heavy (non-hydrogen) atoms. The van der Waals surface area contributed by atoms with Gasteiger partial charge in [0.25, 0.3) is 5.91 Å². The van der Waals surface area contributed by atoms with Crippen LogP contribution in [-0.2, 0) is 20.8 Å². The minimum atomic E-state index is -0.880. The Morgan fingerprint density at radius 3 is 2.16 bits per heavy atom. The van der Waals surface area contributed by atoms with Gasteiger partial charge in [-0.1, -0.05) is 91.0 Å². The Bertz CT molecular complexity index is 1880. The highest BCUT2D eigenvalue weighted by Crippen LogP contribution is 2.67. The molecule has 6 atom stereocenters. The molecule has 0 aromatic heterocycles. The summed E-state index contributed by atoms with van der Waals surface area (Å²) in [6, 6.07) is 31.6. The minimum Gasteiger partial charge on any atom is -0.394 e. The molecule has 3 aliphatic rings. The summed E-state index contributed by atoms with van der Waals surface area (Å²) in [7, 11) is 0. The number of likely N-dealkylation sites (tertiary alicyclic amines) is 1. The standard InChI is InChI=1S/C41H41N3O4S/c1-3-23-42(31-17-9-6-10-18-31)38(46)35-34-21-22-41(49-34)36(35)39(47)44(33(27-45)25-28-13-7-5-8-14-28)37(41)40(48)43(24-4-2)32-20-19-29-15-11-12-16-30(29)26-32/h3-20,26,33-37,45H,1-2,21-25,27H2/t33-,34-,35+,36+,37?,41?/m1/s1. The van der Waals surface area contributed by atoms with Crippen molar-refractivity contribution in [2.45, 2.75) is 41.3 Å². The van der Waals surface area contributed by atoms with E-state index < -0.39 is 28.7 Å². The second-order valence-electron chi connectivity index (χ2n) is 13.2. The Kier molecular flexibility index (Phi) is 9.18. The zero-order valence-corrected chi connectivity index (χ0v) is 28.3. The Morgan fingerprint density at radius 1 is 0.857 bits per heavy atom. The molecule has 250 valence electrons. The molecule has 4 aromatic rings. The van der Waals surface area contributed by atoms with Crippen molar-refractivity contribution in [3.05, 3.63) is 134 Å². The van der Waals surface area contributed by atoms with E-state index >= 15 is 9.59 Å². The van der Waals surface area contributed by atoms with Crippen LogP contribution in [0.25, 0.3) is 10.8 Å². The van der Waals surface area contributed by atoms with E-state index in [-0.39, 0.29) is 36.1 Å². The van der Waals surface area contributed by atoms with Crippen molar-refractivity contribution < 1.29 is 19.5 Å². The zero-order valence-electron chi connectivity index (χ0n) is 27.4. The molecule has 0 aliphatic carbocycles. The summed E-state index contributed by atoms with van der Waals surface area (Å²) in [6.07, 6.45) is 5.14. The number of aliphatic hydroxyl groups excluding tert-OH is 1. The Labute approximate surface area is 291 Å². The van der Waals surface area contributed by atoms with Crippen LogP contribution in [0, 0.1) is 11.8 Å². The molecule has 3 aliphatic heterocycles. The lowest BCUT2D eigenvalue weighted by atomic mass is 9.70. The molecular weight excluding hydrogens is 631 g/mol. The van der Waals surface area contributed by atoms with Crippen LogP contribution in [0.15, 0.2) is 128 Å². The zero-order chi connectivity index (χ0) is 34.1. The van der Waals surface area contributed by atoms with Crippen molar-refractivity contribution in [3.63, 3.8) is 0 Å². The van der Waals surface area contributed by atoms with Crippen LogP contribution >= 0.6 is 11.8 Å². The Hall–Kier alpha value is -4.66. The number of aliphatic hydroxyl groups is 1. The summed E-state index contributed by atoms with van der Waals surface area (Å²) in [6.45, 7) is 8.12. The van der Waals surface area contributed by atoms with Gasteiger partial charge in [0.05, 0.1) is 29.2 Å². The number of thioether (sulfide) groups is 1. The van der Waals surface area contributed by atoms with Crippen molar-refractivity contribution in [2.75, 3.05) is 29.5 Å². The predicted molar refractivity (Wildman–Crippen MR) is 197 cm³/mol. The van der Waals surface area contributed by atoms with Crippen molar-refractivity contribution in [1.82, 2.24) is 4.90 Å². The van der Waals surface area contributed by atoms with Crippen molar-refractivity contribution >= 4 is 51.6 Å². The van der Waals surface area contributed by atoms with Crippen LogP contribution in [0.2, 0.25) is 0 Å². The molecule has 1 spiro atoms. The number of carbonyl (C=O) groups excluding carboxylic acids is 3. The third-order valence-electron chi connectivity index (χ3n) is 10.4. The first-order chi connectivity index (χ1) is 23.9. The highest BCUT2D eigenvalue weighted by Gasteiger charge is 2.74. The van der Waals surface area contributed by atoms with Gasteiger partial charge in [0.2, 0.25) is 11.8 Å². The smallest absolute Gasteiger partial charge is 0.251 e. The van der Waals surface area contributed by atoms with E-state index in [2.05, 4.69) is 13.2 Å². The molecule has 0 radical (unpaired) electrons. The molecule has 3 amide bonds. The molecular formula is C41H41N3O4S. The predicted octanol–water partition coefficient (Wildman–Crippen LogP) is 6.27.